The van der Waals surface area contributed by atoms with E-state index in [9.17, 15) is 38.4 Å². The maximum atomic E-state index is 9.96. The van der Waals surface area contributed by atoms with Crippen LogP contribution in [0.2, 0.25) is 0 Å². The van der Waals surface area contributed by atoms with Crippen LogP contribution in [0.5, 0.6) is 0 Å². The Bertz CT molecular complexity index is 646. The minimum atomic E-state index is -0.657. The molecule has 6 N–H and O–H groups in total. The van der Waals surface area contributed by atoms with Gasteiger partial charge in [-0.1, -0.05) is 14.9 Å². The van der Waals surface area contributed by atoms with Crippen molar-refractivity contribution in [2.24, 2.45) is 0 Å². The van der Waals surface area contributed by atoms with Crippen LogP contribution in [0.25, 0.3) is 0 Å². The summed E-state index contributed by atoms with van der Waals surface area (Å²) in [4.78, 5) is 77.6. The SMILES string of the molecule is C.C.CC(C)=O.CNC.CNC(=O)NC.CNC(=O)OC.CNC(C)=O.CNC(C)=O.COC.COC(=O)OC.COC(C)=O.COC(C)=O.CSC. The maximum Gasteiger partial charge on any atom is 0.507 e. The number of Topliss-reactive ketones (excluding diaryl/α,β-unsaturated/α-hetero) is 1. The van der Waals surface area contributed by atoms with Gasteiger partial charge in [0.05, 0.1) is 35.5 Å². The van der Waals surface area contributed by atoms with Crippen molar-refractivity contribution in [3.8, 4) is 0 Å². The van der Waals surface area contributed by atoms with Crippen LogP contribution in [0.1, 0.15) is 56.4 Å². The van der Waals surface area contributed by atoms with Gasteiger partial charge in [-0.2, -0.15) is 11.8 Å². The summed E-state index contributed by atoms with van der Waals surface area (Å²) in [5.41, 5.74) is 0. The summed E-state index contributed by atoms with van der Waals surface area (Å²) >= 11 is 1.75. The highest BCUT2D eigenvalue weighted by molar-refractivity contribution is 7.97. The first kappa shape index (κ1) is 86.9. The number of rotatable bonds is 0. The molecule has 0 aromatic rings. The van der Waals surface area contributed by atoms with Gasteiger partial charge in [0.1, 0.15) is 5.78 Å². The van der Waals surface area contributed by atoms with Crippen molar-refractivity contribution >= 4 is 59.6 Å². The summed E-state index contributed by atoms with van der Waals surface area (Å²) in [5.74, 6) is -0.315. The number of ketones is 1. The van der Waals surface area contributed by atoms with E-state index in [0.29, 0.717) is 0 Å². The zero-order valence-electron chi connectivity index (χ0n) is 35.1. The Kier molecular flexibility index (Phi) is 159. The lowest BCUT2D eigenvalue weighted by atomic mass is 10.6. The monoisotopic (exact) mass is 805 g/mol. The van der Waals surface area contributed by atoms with Crippen molar-refractivity contribution in [3.05, 3.63) is 0 Å². The van der Waals surface area contributed by atoms with E-state index in [0.717, 1.165) is 0 Å². The van der Waals surface area contributed by atoms with Crippen LogP contribution < -0.4 is 31.9 Å². The second kappa shape index (κ2) is 97.3. The van der Waals surface area contributed by atoms with E-state index in [1.54, 1.807) is 54.2 Å². The molecule has 5 amide bonds. The van der Waals surface area contributed by atoms with Gasteiger partial charge in [-0.3, -0.25) is 19.2 Å². The number of ether oxygens (including phenoxy) is 6. The Morgan fingerprint density at radius 1 is 0.434 bits per heavy atom. The topological polar surface area (TPSA) is 264 Å². The van der Waals surface area contributed by atoms with E-state index >= 15 is 0 Å². The van der Waals surface area contributed by atoms with Crippen LogP contribution >= 0.6 is 11.8 Å². The van der Waals surface area contributed by atoms with Gasteiger partial charge >= 0.3 is 30.2 Å². The van der Waals surface area contributed by atoms with E-state index in [1.807, 2.05) is 26.6 Å². The molecule has 0 aliphatic rings. The fourth-order valence-corrected chi connectivity index (χ4v) is 0.310. The van der Waals surface area contributed by atoms with Gasteiger partial charge in [-0.25, -0.2) is 14.4 Å². The predicted octanol–water partition coefficient (Wildman–Crippen LogP) is 2.72. The van der Waals surface area contributed by atoms with Crippen LogP contribution in [-0.4, -0.2) is 159 Å². The number of hydrogen-bond acceptors (Lipinski definition) is 16. The van der Waals surface area contributed by atoms with Crippen molar-refractivity contribution in [3.63, 3.8) is 0 Å². The Labute approximate surface area is 326 Å². The third-order valence-corrected chi connectivity index (χ3v) is 2.46. The summed E-state index contributed by atoms with van der Waals surface area (Å²) in [5, 5.41) is 14.5. The van der Waals surface area contributed by atoms with Crippen LogP contribution in [0.15, 0.2) is 0 Å². The average Bonchev–Trinajstić information content (AvgIpc) is 3.09. The molecule has 0 saturated heterocycles. The minimum absolute atomic E-state index is 0. The first-order chi connectivity index (χ1) is 23.5. The van der Waals surface area contributed by atoms with Crippen molar-refractivity contribution in [1.82, 2.24) is 31.9 Å². The molecule has 0 atom stereocenters. The molecule has 0 aromatic heterocycles. The number of thioether (sulfide) groups is 1. The average molecular weight is 805 g/mol. The number of carbonyl (C=O) groups is 8. The molecule has 0 aliphatic carbocycles. The second-order valence-corrected chi connectivity index (χ2v) is 8.27. The van der Waals surface area contributed by atoms with Crippen LogP contribution in [0.3, 0.4) is 0 Å². The normalized spacial score (nSPS) is 6.45. The van der Waals surface area contributed by atoms with Crippen molar-refractivity contribution in [2.75, 3.05) is 112 Å². The highest BCUT2D eigenvalue weighted by Crippen LogP contribution is 1.72. The van der Waals surface area contributed by atoms with E-state index in [-0.39, 0.29) is 50.4 Å². The van der Waals surface area contributed by atoms with Gasteiger partial charge in [-0.15, -0.1) is 0 Å². The standard InChI is InChI=1S/C3H8N2O.C3H7NO2.2C3H7NO.C3H6O3.2C3H6O2.C3H6O.C2H7N.C2H6O.C2H6S.2CH4/c1-4-3(6)5-2;1-4-3(5)6-2;2*1-3(5)4-2;1-5-3(4)6-2;2*1-3(4)5-2;1-3(2)4;3*1-3-2;;/h1-2H3,(H2,4,5,6);1-2H3,(H,4,5);2*1-2H3,(H,4,5);1-2H3;2*1-2H3;1-2H3;3H,1-2H3;2*1-2H3;2*1H4. The summed E-state index contributed by atoms with van der Waals surface area (Å²) in [6.07, 6.45) is 3.02. The van der Waals surface area contributed by atoms with E-state index in [2.05, 4.69) is 60.3 Å². The van der Waals surface area contributed by atoms with Crippen molar-refractivity contribution in [2.45, 2.75) is 56.4 Å². The third-order valence-electron chi connectivity index (χ3n) is 2.46. The molecular formula is C32H80N6O14S. The van der Waals surface area contributed by atoms with E-state index < -0.39 is 12.2 Å². The van der Waals surface area contributed by atoms with E-state index in [4.69, 9.17) is 0 Å². The van der Waals surface area contributed by atoms with Crippen LogP contribution in [0, 0.1) is 0 Å². The molecule has 0 saturated carbocycles. The number of urea groups is 1. The smallest absolute Gasteiger partial charge is 0.469 e. The molecule has 0 aliphatic heterocycles. The second-order valence-electron chi connectivity index (χ2n) is 7.46. The lowest BCUT2D eigenvalue weighted by molar-refractivity contribution is -0.138. The maximum absolute atomic E-state index is 9.96. The molecule has 0 unspecified atom stereocenters. The molecule has 0 heterocycles. The number of nitrogens with one attached hydrogen (secondary N) is 6. The van der Waals surface area contributed by atoms with Crippen LogP contribution in [0.4, 0.5) is 14.4 Å². The molecule has 328 valence electrons. The molecule has 0 radical (unpaired) electrons. The zero-order chi connectivity index (χ0) is 43.8. The number of methoxy groups -OCH3 is 6. The number of amides is 5. The molecule has 21 heteroatoms. The highest BCUT2D eigenvalue weighted by atomic mass is 32.2. The van der Waals surface area contributed by atoms with Crippen molar-refractivity contribution in [1.29, 1.82) is 0 Å². The van der Waals surface area contributed by atoms with Gasteiger partial charge in [0.2, 0.25) is 11.8 Å². The van der Waals surface area contributed by atoms with Crippen molar-refractivity contribution < 1.29 is 66.8 Å². The van der Waals surface area contributed by atoms with Gasteiger partial charge in [0.25, 0.3) is 0 Å². The minimum Gasteiger partial charge on any atom is -0.469 e. The summed E-state index contributed by atoms with van der Waals surface area (Å²) < 4.78 is 24.7. The lowest BCUT2D eigenvalue weighted by Crippen LogP contribution is -2.28. The number of carbonyl (C=O) groups excluding carboxylic acids is 8. The molecule has 53 heavy (non-hydrogen) atoms. The Morgan fingerprint density at radius 3 is 0.604 bits per heavy atom. The molecule has 0 rings (SSSR count). The van der Waals surface area contributed by atoms with Gasteiger partial charge in [0, 0.05) is 77.2 Å². The Balaban J connectivity index is -0.0000000303. The summed E-state index contributed by atoms with van der Waals surface area (Å²) in [7, 11) is 21.4. The van der Waals surface area contributed by atoms with Gasteiger partial charge in [0.15, 0.2) is 0 Å². The molecule has 20 nitrogen and oxygen atoms in total. The largest absolute Gasteiger partial charge is 0.507 e. The number of esters is 2. The molecular weight excluding hydrogens is 724 g/mol. The predicted molar refractivity (Wildman–Crippen MR) is 216 cm³/mol. The molecule has 0 fully saturated rings. The molecule has 0 bridgehead atoms. The van der Waals surface area contributed by atoms with E-state index in [1.165, 1.54) is 84.1 Å². The van der Waals surface area contributed by atoms with Gasteiger partial charge < -0.3 is 65.1 Å². The van der Waals surface area contributed by atoms with Gasteiger partial charge in [-0.05, 0) is 40.5 Å². The first-order valence-electron chi connectivity index (χ1n) is 14.1. The van der Waals surface area contributed by atoms with Crippen LogP contribution in [-0.2, 0) is 52.4 Å². The molecule has 0 aromatic carbocycles. The first-order valence-corrected chi connectivity index (χ1v) is 15.7. The lowest BCUT2D eigenvalue weighted by Gasteiger charge is -1.91. The highest BCUT2D eigenvalue weighted by Gasteiger charge is 1.89. The fourth-order valence-electron chi connectivity index (χ4n) is 0.310. The Hall–Kier alpha value is -4.37. The number of alkyl carbamates (subject to hydrolysis) is 1. The third kappa shape index (κ3) is 406. The summed E-state index contributed by atoms with van der Waals surface area (Å²) in [6.45, 7) is 8.72. The summed E-state index contributed by atoms with van der Waals surface area (Å²) in [6, 6.07) is -0.157. The number of hydrogen-bond donors (Lipinski definition) is 6. The Morgan fingerprint density at radius 2 is 0.604 bits per heavy atom. The fraction of sp³-hybridized carbons (Fsp3) is 0.750. The molecule has 0 spiro atoms. The zero-order valence-corrected chi connectivity index (χ0v) is 35.9. The quantitative estimate of drug-likeness (QED) is 0.152.